The molecule has 0 spiro atoms. The number of rotatable bonds is 3. The number of aliphatic hydroxyl groups excluding tert-OH is 1. The predicted octanol–water partition coefficient (Wildman–Crippen LogP) is 2.37. The smallest absolute Gasteiger partial charge is 0.267 e. The molecular weight excluding hydrogens is 252 g/mol. The Morgan fingerprint density at radius 1 is 1.40 bits per heavy atom. The first-order chi connectivity index (χ1) is 9.63. The largest absolute Gasteiger partial charge is 0.393 e. The van der Waals surface area contributed by atoms with Gasteiger partial charge in [-0.3, -0.25) is 4.79 Å². The number of aliphatic hydroxyl groups is 1. The summed E-state index contributed by atoms with van der Waals surface area (Å²) in [5.74, 6) is 0.100. The van der Waals surface area contributed by atoms with Gasteiger partial charge in [0.15, 0.2) is 0 Å². The number of carbonyl (C=O) groups is 1. The van der Waals surface area contributed by atoms with Crippen LogP contribution in [0.1, 0.15) is 35.3 Å². The highest BCUT2D eigenvalue weighted by atomic mass is 16.3. The molecule has 3 N–H and O–H groups in total. The van der Waals surface area contributed by atoms with Gasteiger partial charge in [-0.1, -0.05) is 18.6 Å². The monoisotopic (exact) mass is 272 g/mol. The summed E-state index contributed by atoms with van der Waals surface area (Å²) in [5, 5.41) is 13.7. The van der Waals surface area contributed by atoms with Gasteiger partial charge in [-0.15, -0.1) is 0 Å². The molecule has 0 saturated heterocycles. The van der Waals surface area contributed by atoms with Crippen molar-refractivity contribution in [1.82, 2.24) is 10.3 Å². The van der Waals surface area contributed by atoms with Gasteiger partial charge >= 0.3 is 0 Å². The Morgan fingerprint density at radius 3 is 3.00 bits per heavy atom. The Morgan fingerprint density at radius 2 is 2.25 bits per heavy atom. The normalized spacial score (nSPS) is 22.3. The molecule has 0 radical (unpaired) electrons. The van der Waals surface area contributed by atoms with E-state index in [0.29, 0.717) is 12.2 Å². The van der Waals surface area contributed by atoms with Crippen molar-refractivity contribution in [2.45, 2.75) is 32.3 Å². The molecule has 0 bridgehead atoms. The molecule has 1 aliphatic carbocycles. The average molecular weight is 272 g/mol. The van der Waals surface area contributed by atoms with Crippen LogP contribution in [0.3, 0.4) is 0 Å². The lowest BCUT2D eigenvalue weighted by atomic mass is 10.1. The Labute approximate surface area is 118 Å². The summed E-state index contributed by atoms with van der Waals surface area (Å²) in [4.78, 5) is 15.3. The molecule has 1 saturated carbocycles. The summed E-state index contributed by atoms with van der Waals surface area (Å²) in [7, 11) is 0. The van der Waals surface area contributed by atoms with Crippen LogP contribution >= 0.6 is 0 Å². The van der Waals surface area contributed by atoms with Gasteiger partial charge in [0.1, 0.15) is 5.69 Å². The van der Waals surface area contributed by atoms with E-state index < -0.39 is 0 Å². The van der Waals surface area contributed by atoms with Crippen LogP contribution < -0.4 is 5.32 Å². The molecule has 4 heteroatoms. The van der Waals surface area contributed by atoms with Crippen molar-refractivity contribution in [2.75, 3.05) is 6.54 Å². The number of H-pyrrole nitrogens is 1. The Balaban J connectivity index is 1.69. The molecule has 2 aromatic rings. The summed E-state index contributed by atoms with van der Waals surface area (Å²) in [6, 6.07) is 7.95. The average Bonchev–Trinajstić information content (AvgIpc) is 3.01. The molecule has 0 aliphatic heterocycles. The van der Waals surface area contributed by atoms with Crippen LogP contribution in [0, 0.1) is 12.8 Å². The van der Waals surface area contributed by atoms with E-state index in [-0.39, 0.29) is 17.9 Å². The third-order valence-electron chi connectivity index (χ3n) is 4.17. The van der Waals surface area contributed by atoms with E-state index in [1.165, 1.54) is 5.56 Å². The fraction of sp³-hybridized carbons (Fsp3) is 0.438. The number of hydrogen-bond donors (Lipinski definition) is 3. The summed E-state index contributed by atoms with van der Waals surface area (Å²) in [5.41, 5.74) is 2.73. The first-order valence-corrected chi connectivity index (χ1v) is 7.19. The second-order valence-corrected chi connectivity index (χ2v) is 5.74. The van der Waals surface area contributed by atoms with Crippen LogP contribution in [0.25, 0.3) is 10.9 Å². The van der Waals surface area contributed by atoms with Gasteiger partial charge in [-0.25, -0.2) is 0 Å². The van der Waals surface area contributed by atoms with E-state index in [1.54, 1.807) is 0 Å². The van der Waals surface area contributed by atoms with E-state index in [9.17, 15) is 9.90 Å². The molecule has 4 nitrogen and oxygen atoms in total. The molecule has 20 heavy (non-hydrogen) atoms. The van der Waals surface area contributed by atoms with Gasteiger partial charge in [-0.2, -0.15) is 0 Å². The van der Waals surface area contributed by atoms with Crippen molar-refractivity contribution in [3.8, 4) is 0 Å². The van der Waals surface area contributed by atoms with Crippen LogP contribution in [-0.4, -0.2) is 28.6 Å². The maximum atomic E-state index is 12.1. The molecule has 1 fully saturated rings. The van der Waals surface area contributed by atoms with Crippen molar-refractivity contribution in [2.24, 2.45) is 5.92 Å². The zero-order valence-electron chi connectivity index (χ0n) is 11.6. The van der Waals surface area contributed by atoms with Gasteiger partial charge in [0.25, 0.3) is 5.91 Å². The Bertz CT molecular complexity index is 632. The lowest BCUT2D eigenvalue weighted by molar-refractivity contribution is 0.0913. The van der Waals surface area contributed by atoms with E-state index in [4.69, 9.17) is 0 Å². The third-order valence-corrected chi connectivity index (χ3v) is 4.17. The zero-order chi connectivity index (χ0) is 14.1. The van der Waals surface area contributed by atoms with E-state index in [0.717, 1.165) is 30.2 Å². The summed E-state index contributed by atoms with van der Waals surface area (Å²) >= 11 is 0. The number of aromatic amines is 1. The van der Waals surface area contributed by atoms with Gasteiger partial charge in [0.05, 0.1) is 6.10 Å². The molecule has 1 heterocycles. The van der Waals surface area contributed by atoms with Crippen LogP contribution in [-0.2, 0) is 0 Å². The number of hydrogen-bond acceptors (Lipinski definition) is 2. The molecule has 2 atom stereocenters. The molecular formula is C16H20N2O2. The van der Waals surface area contributed by atoms with Gasteiger partial charge < -0.3 is 15.4 Å². The standard InChI is InChI=1S/C16H20N2O2/c1-10-5-6-11-8-14(18-13(11)7-10)16(20)17-9-12-3-2-4-15(12)19/h5-8,12,15,18-19H,2-4,9H2,1H3,(H,17,20). The highest BCUT2D eigenvalue weighted by Crippen LogP contribution is 2.24. The maximum absolute atomic E-state index is 12.1. The van der Waals surface area contributed by atoms with Crippen molar-refractivity contribution in [3.63, 3.8) is 0 Å². The molecule has 1 aliphatic rings. The number of nitrogens with one attached hydrogen (secondary N) is 2. The Kier molecular flexibility index (Phi) is 3.49. The molecule has 106 valence electrons. The summed E-state index contributed by atoms with van der Waals surface area (Å²) in [6.07, 6.45) is 2.63. The number of fused-ring (bicyclic) bond motifs is 1. The van der Waals surface area contributed by atoms with E-state index in [2.05, 4.69) is 10.3 Å². The SMILES string of the molecule is Cc1ccc2cc(C(=O)NCC3CCCC3O)[nH]c2c1. The zero-order valence-corrected chi connectivity index (χ0v) is 11.6. The van der Waals surface area contributed by atoms with Crippen molar-refractivity contribution in [3.05, 3.63) is 35.5 Å². The third kappa shape index (κ3) is 2.56. The fourth-order valence-corrected chi connectivity index (χ4v) is 2.94. The van der Waals surface area contributed by atoms with Crippen LogP contribution in [0.2, 0.25) is 0 Å². The van der Waals surface area contributed by atoms with Crippen molar-refractivity contribution < 1.29 is 9.90 Å². The van der Waals surface area contributed by atoms with Crippen molar-refractivity contribution in [1.29, 1.82) is 0 Å². The fourth-order valence-electron chi connectivity index (χ4n) is 2.94. The topological polar surface area (TPSA) is 65.1 Å². The van der Waals surface area contributed by atoms with Crippen LogP contribution in [0.15, 0.2) is 24.3 Å². The van der Waals surface area contributed by atoms with E-state index in [1.807, 2.05) is 31.2 Å². The van der Waals surface area contributed by atoms with Crippen molar-refractivity contribution >= 4 is 16.8 Å². The maximum Gasteiger partial charge on any atom is 0.267 e. The number of benzene rings is 1. The second-order valence-electron chi connectivity index (χ2n) is 5.74. The summed E-state index contributed by atoms with van der Waals surface area (Å²) < 4.78 is 0. The first kappa shape index (κ1) is 13.2. The number of aryl methyl sites for hydroxylation is 1. The van der Waals surface area contributed by atoms with Gasteiger partial charge in [0.2, 0.25) is 0 Å². The quantitative estimate of drug-likeness (QED) is 0.803. The number of carbonyl (C=O) groups excluding carboxylic acids is 1. The first-order valence-electron chi connectivity index (χ1n) is 7.19. The highest BCUT2D eigenvalue weighted by Gasteiger charge is 2.25. The molecule has 1 aromatic carbocycles. The summed E-state index contributed by atoms with van der Waals surface area (Å²) in [6.45, 7) is 2.58. The highest BCUT2D eigenvalue weighted by molar-refractivity contribution is 5.98. The lowest BCUT2D eigenvalue weighted by Crippen LogP contribution is -2.32. The minimum atomic E-state index is -0.263. The molecule has 1 aromatic heterocycles. The number of amides is 1. The predicted molar refractivity (Wildman–Crippen MR) is 78.7 cm³/mol. The number of aromatic nitrogens is 1. The minimum Gasteiger partial charge on any atom is -0.393 e. The molecule has 3 rings (SSSR count). The van der Waals surface area contributed by atoms with Crippen LogP contribution in [0.5, 0.6) is 0 Å². The molecule has 2 unspecified atom stereocenters. The van der Waals surface area contributed by atoms with E-state index >= 15 is 0 Å². The minimum absolute atomic E-state index is 0.0991. The lowest BCUT2D eigenvalue weighted by Gasteiger charge is -2.14. The Hall–Kier alpha value is -1.81. The second kappa shape index (κ2) is 5.29. The van der Waals surface area contributed by atoms with Crippen LogP contribution in [0.4, 0.5) is 0 Å². The van der Waals surface area contributed by atoms with Gasteiger partial charge in [-0.05, 0) is 37.5 Å². The molecule has 1 amide bonds. The van der Waals surface area contributed by atoms with Gasteiger partial charge in [0, 0.05) is 23.4 Å².